The lowest BCUT2D eigenvalue weighted by Crippen LogP contribution is -2.52. The number of rotatable bonds is 10. The average Bonchev–Trinajstić information content (AvgIpc) is 2.87. The number of sulfonamides is 1. The summed E-state index contributed by atoms with van der Waals surface area (Å²) in [6.45, 7) is 6.92. The number of hydrogen-bond donors (Lipinski definition) is 1. The number of carbonyl (C=O) groups excluding carboxylic acids is 2. The van der Waals surface area contributed by atoms with Gasteiger partial charge in [0, 0.05) is 17.1 Å². The summed E-state index contributed by atoms with van der Waals surface area (Å²) >= 11 is 3.41. The minimum atomic E-state index is -4.06. The van der Waals surface area contributed by atoms with Crippen LogP contribution < -0.4 is 9.62 Å². The first-order chi connectivity index (χ1) is 17.5. The van der Waals surface area contributed by atoms with E-state index in [4.69, 9.17) is 0 Å². The van der Waals surface area contributed by atoms with Gasteiger partial charge in [-0.15, -0.1) is 0 Å². The molecule has 0 unspecified atom stereocenters. The predicted molar refractivity (Wildman–Crippen MR) is 150 cm³/mol. The van der Waals surface area contributed by atoms with Crippen LogP contribution in [0.3, 0.4) is 0 Å². The van der Waals surface area contributed by atoms with E-state index in [-0.39, 0.29) is 23.4 Å². The number of anilines is 1. The van der Waals surface area contributed by atoms with Crippen molar-refractivity contribution in [2.24, 2.45) is 0 Å². The molecule has 1 N–H and O–H groups in total. The van der Waals surface area contributed by atoms with Crippen molar-refractivity contribution in [2.45, 2.75) is 51.2 Å². The molecular formula is C28H32BrN3O4S. The smallest absolute Gasteiger partial charge is 0.264 e. The molecule has 9 heteroatoms. The number of nitrogens with one attached hydrogen (secondary N) is 1. The van der Waals surface area contributed by atoms with Crippen LogP contribution in [0.2, 0.25) is 0 Å². The largest absolute Gasteiger partial charge is 0.352 e. The van der Waals surface area contributed by atoms with Gasteiger partial charge in [-0.2, -0.15) is 0 Å². The Kier molecular flexibility index (Phi) is 9.50. The minimum Gasteiger partial charge on any atom is -0.352 e. The van der Waals surface area contributed by atoms with Gasteiger partial charge in [0.1, 0.15) is 12.6 Å². The van der Waals surface area contributed by atoms with Gasteiger partial charge in [-0.1, -0.05) is 64.0 Å². The molecule has 0 aliphatic carbocycles. The normalized spacial score (nSPS) is 12.2. The Balaban J connectivity index is 2.00. The highest BCUT2D eigenvalue weighted by Crippen LogP contribution is 2.25. The number of carbonyl (C=O) groups is 2. The molecular weight excluding hydrogens is 554 g/mol. The Hall–Kier alpha value is -3.17. The van der Waals surface area contributed by atoms with Crippen LogP contribution in [0, 0.1) is 6.92 Å². The summed E-state index contributed by atoms with van der Waals surface area (Å²) in [6.07, 6.45) is 0. The topological polar surface area (TPSA) is 86.8 Å². The van der Waals surface area contributed by atoms with Gasteiger partial charge in [0.05, 0.1) is 10.6 Å². The number of hydrogen-bond acceptors (Lipinski definition) is 4. The number of aryl methyl sites for hydroxylation is 1. The van der Waals surface area contributed by atoms with Gasteiger partial charge in [-0.25, -0.2) is 8.42 Å². The Morgan fingerprint density at radius 2 is 1.49 bits per heavy atom. The Labute approximate surface area is 227 Å². The van der Waals surface area contributed by atoms with Gasteiger partial charge >= 0.3 is 0 Å². The van der Waals surface area contributed by atoms with Crippen LogP contribution in [0.15, 0.2) is 88.2 Å². The number of nitrogens with zero attached hydrogens (tertiary/aromatic N) is 2. The molecule has 0 saturated heterocycles. The molecule has 2 amide bonds. The predicted octanol–water partition coefficient (Wildman–Crippen LogP) is 4.89. The number of benzene rings is 3. The second-order valence-electron chi connectivity index (χ2n) is 9.15. The maximum absolute atomic E-state index is 13.8. The Bertz CT molecular complexity index is 1310. The van der Waals surface area contributed by atoms with E-state index in [1.165, 1.54) is 17.0 Å². The molecule has 0 bridgehead atoms. The van der Waals surface area contributed by atoms with Gasteiger partial charge < -0.3 is 10.2 Å². The van der Waals surface area contributed by atoms with Gasteiger partial charge in [-0.05, 0) is 69.7 Å². The first-order valence-electron chi connectivity index (χ1n) is 12.0. The molecule has 3 rings (SSSR count). The first-order valence-corrected chi connectivity index (χ1v) is 14.2. The molecule has 3 aromatic rings. The second kappa shape index (κ2) is 12.4. The van der Waals surface area contributed by atoms with Crippen molar-refractivity contribution in [3.63, 3.8) is 0 Å². The molecule has 196 valence electrons. The van der Waals surface area contributed by atoms with Gasteiger partial charge in [0.15, 0.2) is 0 Å². The Morgan fingerprint density at radius 1 is 0.892 bits per heavy atom. The molecule has 0 aliphatic heterocycles. The molecule has 0 aliphatic rings. The lowest BCUT2D eigenvalue weighted by Gasteiger charge is -2.32. The number of amides is 2. The van der Waals surface area contributed by atoms with Crippen molar-refractivity contribution in [1.82, 2.24) is 10.2 Å². The van der Waals surface area contributed by atoms with Crippen molar-refractivity contribution in [3.05, 3.63) is 94.5 Å². The summed E-state index contributed by atoms with van der Waals surface area (Å²) in [5.74, 6) is -0.803. The minimum absolute atomic E-state index is 0.0773. The van der Waals surface area contributed by atoms with E-state index in [0.717, 1.165) is 19.9 Å². The highest BCUT2D eigenvalue weighted by Gasteiger charge is 2.32. The van der Waals surface area contributed by atoms with Gasteiger partial charge in [0.25, 0.3) is 10.0 Å². The van der Waals surface area contributed by atoms with E-state index < -0.39 is 28.5 Å². The Morgan fingerprint density at radius 3 is 2.05 bits per heavy atom. The first kappa shape index (κ1) is 28.4. The zero-order chi connectivity index (χ0) is 27.2. The lowest BCUT2D eigenvalue weighted by molar-refractivity contribution is -0.139. The standard InChI is InChI=1S/C28H32BrN3O4S/c1-20(2)30-28(34)22(4)31(18-23-12-14-24(29)15-13-23)27(33)19-32(25-16-10-21(3)11-17-25)37(35,36)26-8-6-5-7-9-26/h5-17,20,22H,18-19H2,1-4H3,(H,30,34)/t22-/m0/s1. The van der Waals surface area contributed by atoms with Crippen LogP contribution in [0.5, 0.6) is 0 Å². The maximum Gasteiger partial charge on any atom is 0.264 e. The molecule has 0 heterocycles. The highest BCUT2D eigenvalue weighted by atomic mass is 79.9. The summed E-state index contributed by atoms with van der Waals surface area (Å²) in [7, 11) is -4.06. The SMILES string of the molecule is Cc1ccc(N(CC(=O)N(Cc2ccc(Br)cc2)[C@@H](C)C(=O)NC(C)C)S(=O)(=O)c2ccccc2)cc1. The lowest BCUT2D eigenvalue weighted by atomic mass is 10.1. The fraction of sp³-hybridized carbons (Fsp3) is 0.286. The van der Waals surface area contributed by atoms with Crippen LogP contribution >= 0.6 is 15.9 Å². The number of halogens is 1. The molecule has 0 saturated carbocycles. The maximum atomic E-state index is 13.8. The average molecular weight is 587 g/mol. The van der Waals surface area contributed by atoms with Crippen LogP contribution in [0.4, 0.5) is 5.69 Å². The third kappa shape index (κ3) is 7.42. The zero-order valence-electron chi connectivity index (χ0n) is 21.4. The van der Waals surface area contributed by atoms with Crippen LogP contribution in [-0.2, 0) is 26.2 Å². The van der Waals surface area contributed by atoms with Crippen LogP contribution in [0.25, 0.3) is 0 Å². The van der Waals surface area contributed by atoms with Crippen molar-refractivity contribution < 1.29 is 18.0 Å². The van der Waals surface area contributed by atoms with Crippen LogP contribution in [-0.4, -0.2) is 43.8 Å². The van der Waals surface area contributed by atoms with Crippen molar-refractivity contribution in [1.29, 1.82) is 0 Å². The van der Waals surface area contributed by atoms with Crippen molar-refractivity contribution >= 4 is 43.5 Å². The fourth-order valence-corrected chi connectivity index (χ4v) is 5.43. The van der Waals surface area contributed by atoms with Crippen LogP contribution in [0.1, 0.15) is 31.9 Å². The van der Waals surface area contributed by atoms with Crippen molar-refractivity contribution in [2.75, 3.05) is 10.8 Å². The summed E-state index contributed by atoms with van der Waals surface area (Å²) in [5, 5.41) is 2.85. The van der Waals surface area contributed by atoms with E-state index in [2.05, 4.69) is 21.2 Å². The van der Waals surface area contributed by atoms with Gasteiger partial charge in [-0.3, -0.25) is 13.9 Å². The third-order valence-corrected chi connectivity index (χ3v) is 8.11. The quantitative estimate of drug-likeness (QED) is 0.367. The van der Waals surface area contributed by atoms with E-state index in [1.807, 2.05) is 45.0 Å². The molecule has 0 radical (unpaired) electrons. The molecule has 0 aromatic heterocycles. The third-order valence-electron chi connectivity index (χ3n) is 5.80. The molecule has 3 aromatic carbocycles. The molecule has 7 nitrogen and oxygen atoms in total. The molecule has 1 atom stereocenters. The molecule has 0 spiro atoms. The highest BCUT2D eigenvalue weighted by molar-refractivity contribution is 9.10. The van der Waals surface area contributed by atoms with Gasteiger partial charge in [0.2, 0.25) is 11.8 Å². The van der Waals surface area contributed by atoms with E-state index in [9.17, 15) is 18.0 Å². The second-order valence-corrected chi connectivity index (χ2v) is 11.9. The van der Waals surface area contributed by atoms with Crippen molar-refractivity contribution in [3.8, 4) is 0 Å². The summed E-state index contributed by atoms with van der Waals surface area (Å²) in [4.78, 5) is 28.2. The summed E-state index contributed by atoms with van der Waals surface area (Å²) in [6, 6.07) is 21.5. The molecule has 0 fully saturated rings. The summed E-state index contributed by atoms with van der Waals surface area (Å²) < 4.78 is 29.4. The molecule has 37 heavy (non-hydrogen) atoms. The summed E-state index contributed by atoms with van der Waals surface area (Å²) in [5.41, 5.74) is 2.14. The zero-order valence-corrected chi connectivity index (χ0v) is 23.8. The fourth-order valence-electron chi connectivity index (χ4n) is 3.73. The van der Waals surface area contributed by atoms with E-state index in [0.29, 0.717) is 5.69 Å². The van der Waals surface area contributed by atoms with E-state index in [1.54, 1.807) is 49.4 Å². The van der Waals surface area contributed by atoms with E-state index >= 15 is 0 Å². The monoisotopic (exact) mass is 585 g/mol.